The van der Waals surface area contributed by atoms with Crippen LogP contribution in [0.3, 0.4) is 0 Å². The lowest BCUT2D eigenvalue weighted by molar-refractivity contribution is -0.153. The summed E-state index contributed by atoms with van der Waals surface area (Å²) >= 11 is 0. The van der Waals surface area contributed by atoms with Crippen molar-refractivity contribution in [2.45, 2.75) is 169 Å². The van der Waals surface area contributed by atoms with Crippen molar-refractivity contribution in [2.75, 3.05) is 6.61 Å². The van der Waals surface area contributed by atoms with E-state index < -0.39 is 0 Å². The van der Waals surface area contributed by atoms with Crippen LogP contribution < -0.4 is 0 Å². The van der Waals surface area contributed by atoms with E-state index in [1.165, 1.54) is 82.6 Å². The Morgan fingerprint density at radius 3 is 1.76 bits per heavy atom. The molecule has 3 heteroatoms. The molecule has 0 amide bonds. The molecule has 0 saturated carbocycles. The van der Waals surface area contributed by atoms with Gasteiger partial charge in [0.15, 0.2) is 0 Å². The Labute approximate surface area is 236 Å². The lowest BCUT2D eigenvalue weighted by Crippen LogP contribution is -2.23. The van der Waals surface area contributed by atoms with Crippen molar-refractivity contribution >= 4 is 5.97 Å². The zero-order chi connectivity index (χ0) is 28.6. The molecule has 1 atom stereocenters. The number of unbranched alkanes of at least 4 members (excludes halogenated alkanes) is 11. The highest BCUT2D eigenvalue weighted by Gasteiger charge is 2.27. The van der Waals surface area contributed by atoms with Gasteiger partial charge >= 0.3 is 5.97 Å². The fourth-order valence-corrected chi connectivity index (χ4v) is 5.60. The third-order valence-electron chi connectivity index (χ3n) is 7.88. The maximum absolute atomic E-state index is 11.5. The molecule has 1 fully saturated rings. The van der Waals surface area contributed by atoms with Crippen LogP contribution in [0, 0.1) is 5.92 Å². The molecule has 1 aromatic carbocycles. The Balaban J connectivity index is 0.000000389. The maximum atomic E-state index is 11.5. The first-order chi connectivity index (χ1) is 17.9. The quantitative estimate of drug-likeness (QED) is 0.192. The second-order valence-corrected chi connectivity index (χ2v) is 13.5. The summed E-state index contributed by atoms with van der Waals surface area (Å²) in [5.74, 6) is 0.760. The average Bonchev–Trinajstić information content (AvgIpc) is 2.84. The smallest absolute Gasteiger partial charge is 0.308 e. The third-order valence-corrected chi connectivity index (χ3v) is 7.88. The van der Waals surface area contributed by atoms with E-state index in [4.69, 9.17) is 4.74 Å². The molecule has 0 bridgehead atoms. The predicted molar refractivity (Wildman–Crippen MR) is 164 cm³/mol. The Kier molecular flexibility index (Phi) is 16.3. The van der Waals surface area contributed by atoms with Crippen LogP contribution in [0.4, 0.5) is 0 Å². The number of hydrogen-bond acceptors (Lipinski definition) is 3. The van der Waals surface area contributed by atoms with E-state index in [0.29, 0.717) is 12.4 Å². The van der Waals surface area contributed by atoms with Gasteiger partial charge < -0.3 is 9.84 Å². The molecule has 38 heavy (non-hydrogen) atoms. The summed E-state index contributed by atoms with van der Waals surface area (Å²) in [6, 6.07) is 4.24. The van der Waals surface area contributed by atoms with Crippen molar-refractivity contribution < 1.29 is 14.6 Å². The van der Waals surface area contributed by atoms with Crippen LogP contribution in [-0.4, -0.2) is 17.7 Å². The standard InChI is InChI=1S/C19H36O2.C16H26O/c1-2-3-4-5-6-7-8-9-10-11-12-13-15-18-16-14-17-21-19(18)20;1-8-11-9-10-12(15(2,3)4)14(17)13(11)16(5,6)7/h18H,2-17H2,1H3;9-10,17H,8H2,1-7H3. The van der Waals surface area contributed by atoms with Crippen LogP contribution in [0.2, 0.25) is 0 Å². The normalized spacial score (nSPS) is 16.1. The summed E-state index contributed by atoms with van der Waals surface area (Å²) < 4.78 is 5.11. The Morgan fingerprint density at radius 1 is 0.789 bits per heavy atom. The molecule has 1 saturated heterocycles. The van der Waals surface area contributed by atoms with Crippen molar-refractivity contribution in [3.8, 4) is 5.75 Å². The van der Waals surface area contributed by atoms with E-state index in [9.17, 15) is 9.90 Å². The molecule has 1 aliphatic heterocycles. The predicted octanol–water partition coefficient (Wildman–Crippen LogP) is 10.6. The summed E-state index contributed by atoms with van der Waals surface area (Å²) in [7, 11) is 0. The van der Waals surface area contributed by atoms with Gasteiger partial charge in [0, 0.05) is 5.56 Å². The van der Waals surface area contributed by atoms with E-state index in [0.717, 1.165) is 36.8 Å². The van der Waals surface area contributed by atoms with Crippen molar-refractivity contribution in [1.29, 1.82) is 0 Å². The first kappa shape index (κ1) is 34.5. The summed E-state index contributed by atoms with van der Waals surface area (Å²) in [5.41, 5.74) is 3.36. The Bertz CT molecular complexity index is 782. The maximum Gasteiger partial charge on any atom is 0.308 e. The molecule has 3 nitrogen and oxygen atoms in total. The van der Waals surface area contributed by atoms with Crippen LogP contribution in [0.1, 0.15) is 168 Å². The second kappa shape index (κ2) is 18.0. The first-order valence-electron chi connectivity index (χ1n) is 16.0. The number of aryl methyl sites for hydroxylation is 1. The molecule has 1 aromatic rings. The largest absolute Gasteiger partial charge is 0.507 e. The Hall–Kier alpha value is -1.51. The van der Waals surface area contributed by atoms with Gasteiger partial charge in [-0.3, -0.25) is 4.79 Å². The average molecular weight is 531 g/mol. The molecular formula is C35H62O3. The fraction of sp³-hybridized carbons (Fsp3) is 0.800. The minimum Gasteiger partial charge on any atom is -0.507 e. The summed E-state index contributed by atoms with van der Waals surface area (Å²) in [6.45, 7) is 18.0. The van der Waals surface area contributed by atoms with Crippen LogP contribution in [0.25, 0.3) is 0 Å². The van der Waals surface area contributed by atoms with Gasteiger partial charge in [0.2, 0.25) is 0 Å². The number of carbonyl (C=O) groups is 1. The molecule has 1 heterocycles. The lowest BCUT2D eigenvalue weighted by atomic mass is 9.77. The minimum atomic E-state index is -0.0175. The number of phenols is 1. The topological polar surface area (TPSA) is 46.5 Å². The molecule has 0 spiro atoms. The van der Waals surface area contributed by atoms with Gasteiger partial charge in [-0.25, -0.2) is 0 Å². The van der Waals surface area contributed by atoms with Gasteiger partial charge in [-0.1, -0.05) is 145 Å². The van der Waals surface area contributed by atoms with Gasteiger partial charge in [0.25, 0.3) is 0 Å². The van der Waals surface area contributed by atoms with Crippen molar-refractivity contribution in [1.82, 2.24) is 0 Å². The zero-order valence-corrected chi connectivity index (χ0v) is 26.5. The Morgan fingerprint density at radius 2 is 1.32 bits per heavy atom. The molecule has 1 unspecified atom stereocenters. The molecular weight excluding hydrogens is 468 g/mol. The number of benzene rings is 1. The summed E-state index contributed by atoms with van der Waals surface area (Å²) in [4.78, 5) is 11.5. The van der Waals surface area contributed by atoms with E-state index >= 15 is 0 Å². The van der Waals surface area contributed by atoms with Crippen molar-refractivity contribution in [2.24, 2.45) is 5.92 Å². The van der Waals surface area contributed by atoms with Crippen LogP contribution in [-0.2, 0) is 26.8 Å². The van der Waals surface area contributed by atoms with E-state index in [2.05, 4.69) is 67.5 Å². The highest BCUT2D eigenvalue weighted by molar-refractivity contribution is 5.72. The van der Waals surface area contributed by atoms with Gasteiger partial charge in [0.1, 0.15) is 5.75 Å². The summed E-state index contributed by atoms with van der Waals surface area (Å²) in [5, 5.41) is 10.6. The number of esters is 1. The number of hydrogen-bond donors (Lipinski definition) is 1. The van der Waals surface area contributed by atoms with E-state index in [-0.39, 0.29) is 22.7 Å². The van der Waals surface area contributed by atoms with Crippen molar-refractivity contribution in [3.63, 3.8) is 0 Å². The lowest BCUT2D eigenvalue weighted by Gasteiger charge is -2.29. The molecule has 220 valence electrons. The number of cyclic esters (lactones) is 1. The highest BCUT2D eigenvalue weighted by atomic mass is 16.5. The molecule has 1 N–H and O–H groups in total. The van der Waals surface area contributed by atoms with E-state index in [1.807, 2.05) is 0 Å². The number of carbonyl (C=O) groups excluding carboxylic acids is 1. The number of aromatic hydroxyl groups is 1. The van der Waals surface area contributed by atoms with Crippen molar-refractivity contribution in [3.05, 3.63) is 28.8 Å². The second-order valence-electron chi connectivity index (χ2n) is 13.5. The summed E-state index contributed by atoms with van der Waals surface area (Å²) in [6.07, 6.45) is 20.7. The SMILES string of the molecule is CCCCCCCCCCCCCCC1CCCOC1=O.CCc1ccc(C(C)(C)C)c(O)c1C(C)(C)C. The van der Waals surface area contributed by atoms with Gasteiger partial charge in [-0.15, -0.1) is 0 Å². The van der Waals surface area contributed by atoms with Crippen LogP contribution in [0.5, 0.6) is 5.75 Å². The highest BCUT2D eigenvalue weighted by Crippen LogP contribution is 2.40. The fourth-order valence-electron chi connectivity index (χ4n) is 5.60. The third kappa shape index (κ3) is 13.0. The zero-order valence-electron chi connectivity index (χ0n) is 26.5. The van der Waals surface area contributed by atoms with Gasteiger partial charge in [-0.2, -0.15) is 0 Å². The molecule has 2 rings (SSSR count). The van der Waals surface area contributed by atoms with Gasteiger partial charge in [-0.05, 0) is 47.6 Å². The molecule has 1 aliphatic rings. The number of rotatable bonds is 14. The minimum absolute atomic E-state index is 0.0172. The first-order valence-corrected chi connectivity index (χ1v) is 16.0. The van der Waals surface area contributed by atoms with E-state index in [1.54, 1.807) is 0 Å². The van der Waals surface area contributed by atoms with Gasteiger partial charge in [0.05, 0.1) is 12.5 Å². The molecule has 0 aromatic heterocycles. The number of ether oxygens (including phenoxy) is 1. The monoisotopic (exact) mass is 530 g/mol. The van der Waals surface area contributed by atoms with Crippen LogP contribution in [0.15, 0.2) is 12.1 Å². The molecule has 0 aliphatic carbocycles. The number of phenolic OH excluding ortho intramolecular Hbond substituents is 1. The molecule has 0 radical (unpaired) electrons. The van der Waals surface area contributed by atoms with Crippen LogP contribution >= 0.6 is 0 Å².